The molecule has 0 rings (SSSR count). The van der Waals surface area contributed by atoms with Crippen molar-refractivity contribution < 1.29 is 38.5 Å². The second-order valence-corrected chi connectivity index (χ2v) is 2.68. The molecule has 10 heteroatoms. The van der Waals surface area contributed by atoms with Gasteiger partial charge in [-0.2, -0.15) is 15.6 Å². The van der Waals surface area contributed by atoms with Gasteiger partial charge in [-0.3, -0.25) is 0 Å². The molecule has 0 heterocycles. The Morgan fingerprint density at radius 1 is 0.571 bits per heavy atom. The molecule has 0 aliphatic heterocycles. The van der Waals surface area contributed by atoms with Crippen molar-refractivity contribution >= 4 is 15.6 Å². The summed E-state index contributed by atoms with van der Waals surface area (Å²) >= 11 is 0. The van der Waals surface area contributed by atoms with Gasteiger partial charge < -0.3 is 38.5 Å². The summed E-state index contributed by atoms with van der Waals surface area (Å²) in [5.74, 6) is 0. The van der Waals surface area contributed by atoms with E-state index in [2.05, 4.69) is 0 Å². The first-order valence-corrected chi connectivity index (χ1v) is 6.38. The van der Waals surface area contributed by atoms with Gasteiger partial charge in [0.1, 0.15) is 0 Å². The lowest BCUT2D eigenvalue weighted by Gasteiger charge is -2.36. The Kier molecular flexibility index (Phi) is 22.5. The van der Waals surface area contributed by atoms with E-state index in [0.29, 0.717) is 0 Å². The zero-order valence-corrected chi connectivity index (χ0v) is 9.95. The van der Waals surface area contributed by atoms with E-state index >= 15 is 0 Å². The Morgan fingerprint density at radius 2 is 0.571 bits per heavy atom. The standard InChI is InChI=1S/2C2H6.2H3O4P/c2*1-2;2*1-5(2,3)4/h2*1-2H3;2*(H3,1,2,3,4)/p-6. The molecule has 0 aromatic heterocycles. The highest BCUT2D eigenvalue weighted by Gasteiger charge is 1.45. The van der Waals surface area contributed by atoms with E-state index in [0.717, 1.165) is 0 Å². The lowest BCUT2D eigenvalue weighted by atomic mass is 11.0. The molecule has 8 nitrogen and oxygen atoms in total. The van der Waals surface area contributed by atoms with Crippen molar-refractivity contribution in [2.45, 2.75) is 27.7 Å². The average Bonchev–Trinajstić information content (AvgIpc) is 1.88. The minimum absolute atomic E-state index is 2.00. The predicted octanol–water partition coefficient (Wildman–Crippen LogP) is -3.60. The lowest BCUT2D eigenvalue weighted by molar-refractivity contribution is -0.434. The molecule has 0 aliphatic rings. The maximum absolute atomic E-state index is 8.55. The molecule has 0 unspecified atom stereocenters. The minimum Gasteiger partial charge on any atom is -0.822 e. The molecule has 0 aromatic carbocycles. The Hall–Kier alpha value is 0.220. The summed E-state index contributed by atoms with van der Waals surface area (Å²) in [5, 5.41) is 0. The van der Waals surface area contributed by atoms with Crippen molar-refractivity contribution in [1.29, 1.82) is 0 Å². The molecular weight excluding hydrogens is 238 g/mol. The highest BCUT2D eigenvalue weighted by Crippen LogP contribution is 2.03. The van der Waals surface area contributed by atoms with Crippen molar-refractivity contribution in [2.75, 3.05) is 0 Å². The van der Waals surface area contributed by atoms with Crippen LogP contribution in [0, 0.1) is 0 Å². The zero-order chi connectivity index (χ0) is 13.0. The summed E-state index contributed by atoms with van der Waals surface area (Å²) in [6.07, 6.45) is 0. The summed E-state index contributed by atoms with van der Waals surface area (Å²) in [6, 6.07) is 0. The maximum atomic E-state index is 8.55. The Balaban J connectivity index is -0.0000000528. The van der Waals surface area contributed by atoms with Crippen LogP contribution in [0.4, 0.5) is 0 Å². The van der Waals surface area contributed by atoms with Gasteiger partial charge in [0.05, 0.1) is 0 Å². The van der Waals surface area contributed by atoms with Crippen LogP contribution in [0.25, 0.3) is 0 Å². The third-order valence-electron chi connectivity index (χ3n) is 0. The molecule has 0 amide bonds. The minimum atomic E-state index is -5.39. The van der Waals surface area contributed by atoms with E-state index in [-0.39, 0.29) is 0 Å². The first-order valence-electron chi connectivity index (χ1n) is 3.46. The van der Waals surface area contributed by atoms with Gasteiger partial charge in [-0.25, -0.2) is 0 Å². The quantitative estimate of drug-likeness (QED) is 0.396. The molecular formula is C4H12O8P2-6. The fraction of sp³-hybridized carbons (Fsp3) is 1.00. The monoisotopic (exact) mass is 250 g/mol. The second kappa shape index (κ2) is 13.2. The molecule has 0 radical (unpaired) electrons. The normalized spacial score (nSPS) is 9.29. The fourth-order valence-corrected chi connectivity index (χ4v) is 0. The van der Waals surface area contributed by atoms with Crippen LogP contribution in [0.1, 0.15) is 27.7 Å². The fourth-order valence-electron chi connectivity index (χ4n) is 0. The topological polar surface area (TPSA) is 172 Å². The smallest absolute Gasteiger partial charge is 0.0683 e. The van der Waals surface area contributed by atoms with Crippen LogP contribution in [-0.2, 0) is 9.13 Å². The Bertz CT molecular complexity index is 132. The maximum Gasteiger partial charge on any atom is -0.0683 e. The molecule has 0 aliphatic carbocycles. The van der Waals surface area contributed by atoms with Gasteiger partial charge >= 0.3 is 0 Å². The predicted molar refractivity (Wildman–Crippen MR) is 37.9 cm³/mol. The van der Waals surface area contributed by atoms with Gasteiger partial charge in [-0.05, 0) is 0 Å². The highest BCUT2D eigenvalue weighted by atomic mass is 31.2. The van der Waals surface area contributed by atoms with E-state index in [1.54, 1.807) is 0 Å². The van der Waals surface area contributed by atoms with Gasteiger partial charge in [0.25, 0.3) is 0 Å². The van der Waals surface area contributed by atoms with Gasteiger partial charge in [0, 0.05) is 0 Å². The number of phosphoric acid groups is 2. The molecule has 0 saturated heterocycles. The van der Waals surface area contributed by atoms with Crippen LogP contribution in [0.15, 0.2) is 0 Å². The van der Waals surface area contributed by atoms with Crippen LogP contribution in [0.3, 0.4) is 0 Å². The van der Waals surface area contributed by atoms with Crippen molar-refractivity contribution in [1.82, 2.24) is 0 Å². The molecule has 14 heavy (non-hydrogen) atoms. The summed E-state index contributed by atoms with van der Waals surface area (Å²) < 4.78 is 17.1. The highest BCUT2D eigenvalue weighted by molar-refractivity contribution is 7.40. The van der Waals surface area contributed by atoms with E-state index in [1.165, 1.54) is 0 Å². The van der Waals surface area contributed by atoms with Gasteiger partial charge in [-0.15, -0.1) is 0 Å². The molecule has 0 saturated carbocycles. The summed E-state index contributed by atoms with van der Waals surface area (Å²) in [5.41, 5.74) is 0. The van der Waals surface area contributed by atoms with Gasteiger partial charge in [0.2, 0.25) is 0 Å². The van der Waals surface area contributed by atoms with E-state index in [1.807, 2.05) is 27.7 Å². The molecule has 0 fully saturated rings. The molecule has 0 spiro atoms. The third-order valence-corrected chi connectivity index (χ3v) is 0. The first kappa shape index (κ1) is 23.8. The summed E-state index contributed by atoms with van der Waals surface area (Å²) in [4.78, 5) is 51.3. The van der Waals surface area contributed by atoms with Crippen molar-refractivity contribution in [2.24, 2.45) is 0 Å². The number of hydrogen-bond donors (Lipinski definition) is 0. The summed E-state index contributed by atoms with van der Waals surface area (Å²) in [7, 11) is -10.8. The van der Waals surface area contributed by atoms with Crippen LogP contribution in [0.5, 0.6) is 0 Å². The van der Waals surface area contributed by atoms with E-state index in [4.69, 9.17) is 38.5 Å². The van der Waals surface area contributed by atoms with Crippen LogP contribution in [0.2, 0.25) is 0 Å². The molecule has 0 atom stereocenters. The number of hydrogen-bond acceptors (Lipinski definition) is 8. The molecule has 0 bridgehead atoms. The van der Waals surface area contributed by atoms with Crippen LogP contribution >= 0.6 is 15.6 Å². The van der Waals surface area contributed by atoms with Gasteiger partial charge in [0.15, 0.2) is 0 Å². The zero-order valence-electron chi connectivity index (χ0n) is 8.16. The first-order chi connectivity index (χ1) is 6.00. The van der Waals surface area contributed by atoms with Crippen molar-refractivity contribution in [3.63, 3.8) is 0 Å². The van der Waals surface area contributed by atoms with Crippen LogP contribution < -0.4 is 29.4 Å². The van der Waals surface area contributed by atoms with Gasteiger partial charge in [-0.1, -0.05) is 27.7 Å². The third kappa shape index (κ3) is 31800. The van der Waals surface area contributed by atoms with Crippen molar-refractivity contribution in [3.8, 4) is 0 Å². The van der Waals surface area contributed by atoms with Crippen LogP contribution in [-0.4, -0.2) is 0 Å². The second-order valence-electron chi connectivity index (χ2n) is 0.894. The largest absolute Gasteiger partial charge is 0.822 e. The molecule has 0 aromatic rings. The van der Waals surface area contributed by atoms with Crippen molar-refractivity contribution in [3.05, 3.63) is 0 Å². The Labute approximate surface area is 82.7 Å². The Morgan fingerprint density at radius 3 is 0.571 bits per heavy atom. The number of rotatable bonds is 0. The molecule has 92 valence electrons. The van der Waals surface area contributed by atoms with E-state index < -0.39 is 15.6 Å². The summed E-state index contributed by atoms with van der Waals surface area (Å²) in [6.45, 7) is 8.00. The molecule has 0 N–H and O–H groups in total. The van der Waals surface area contributed by atoms with E-state index in [9.17, 15) is 0 Å². The average molecular weight is 250 g/mol. The SMILES string of the molecule is CC.CC.O=P([O-])([O-])[O-].O=P([O-])([O-])[O-]. The lowest BCUT2D eigenvalue weighted by Crippen LogP contribution is -2.24.